The summed E-state index contributed by atoms with van der Waals surface area (Å²) in [5.74, 6) is -0.00543. The Morgan fingerprint density at radius 1 is 0.955 bits per heavy atom. The first kappa shape index (κ1) is 14.3. The van der Waals surface area contributed by atoms with Gasteiger partial charge < -0.3 is 10.6 Å². The molecule has 0 unspecified atom stereocenters. The summed E-state index contributed by atoms with van der Waals surface area (Å²) in [6, 6.07) is 14.6. The minimum Gasteiger partial charge on any atom is -0.326 e. The summed E-state index contributed by atoms with van der Waals surface area (Å²) in [5, 5.41) is 5.72. The van der Waals surface area contributed by atoms with Gasteiger partial charge in [0.25, 0.3) is 5.91 Å². The Hall–Kier alpha value is -2.62. The molecular weight excluding hydrogens is 276 g/mol. The highest BCUT2D eigenvalue weighted by atomic mass is 16.2. The summed E-state index contributed by atoms with van der Waals surface area (Å²) in [6.45, 7) is 1.98. The van der Waals surface area contributed by atoms with Crippen molar-refractivity contribution in [3.63, 3.8) is 0 Å². The van der Waals surface area contributed by atoms with Gasteiger partial charge in [0.05, 0.1) is 0 Å². The van der Waals surface area contributed by atoms with Crippen molar-refractivity contribution in [3.05, 3.63) is 59.7 Å². The molecule has 0 atom stereocenters. The van der Waals surface area contributed by atoms with E-state index >= 15 is 0 Å². The van der Waals surface area contributed by atoms with Crippen molar-refractivity contribution in [2.45, 2.75) is 19.8 Å². The summed E-state index contributed by atoms with van der Waals surface area (Å²) in [6.07, 6.45) is 1.92. The van der Waals surface area contributed by atoms with Crippen LogP contribution in [0.2, 0.25) is 0 Å². The van der Waals surface area contributed by atoms with Crippen LogP contribution < -0.4 is 10.6 Å². The van der Waals surface area contributed by atoms with Crippen LogP contribution in [0.1, 0.15) is 28.8 Å². The molecule has 1 aliphatic carbocycles. The molecule has 0 saturated heterocycles. The number of hydrogen-bond acceptors (Lipinski definition) is 2. The Morgan fingerprint density at radius 2 is 1.64 bits per heavy atom. The van der Waals surface area contributed by atoms with E-state index in [0.717, 1.165) is 24.1 Å². The fourth-order valence-corrected chi connectivity index (χ4v) is 2.25. The monoisotopic (exact) mass is 294 g/mol. The predicted molar refractivity (Wildman–Crippen MR) is 86.9 cm³/mol. The molecule has 2 N–H and O–H groups in total. The molecule has 2 aromatic rings. The summed E-state index contributed by atoms with van der Waals surface area (Å²) in [7, 11) is 0. The molecule has 0 aromatic heterocycles. The third kappa shape index (κ3) is 3.52. The van der Waals surface area contributed by atoms with Crippen LogP contribution in [0.4, 0.5) is 11.4 Å². The minimum absolute atomic E-state index is 0.0382. The number of carbonyl (C=O) groups is 2. The molecule has 1 saturated carbocycles. The van der Waals surface area contributed by atoms with Crippen molar-refractivity contribution in [3.8, 4) is 0 Å². The van der Waals surface area contributed by atoms with Gasteiger partial charge in [-0.15, -0.1) is 0 Å². The quantitative estimate of drug-likeness (QED) is 0.905. The number of benzene rings is 2. The topological polar surface area (TPSA) is 58.2 Å². The van der Waals surface area contributed by atoms with Gasteiger partial charge in [0, 0.05) is 22.9 Å². The van der Waals surface area contributed by atoms with Crippen molar-refractivity contribution in [1.82, 2.24) is 0 Å². The maximum atomic E-state index is 12.3. The molecule has 3 rings (SSSR count). The second kappa shape index (κ2) is 6.02. The third-order valence-electron chi connectivity index (χ3n) is 3.62. The van der Waals surface area contributed by atoms with Crippen molar-refractivity contribution in [1.29, 1.82) is 0 Å². The van der Waals surface area contributed by atoms with E-state index in [0.29, 0.717) is 11.3 Å². The average molecular weight is 294 g/mol. The summed E-state index contributed by atoms with van der Waals surface area (Å²) in [5.41, 5.74) is 3.03. The molecule has 0 bridgehead atoms. The fraction of sp³-hybridized carbons (Fsp3) is 0.222. The molecule has 112 valence electrons. The molecule has 4 nitrogen and oxygen atoms in total. The zero-order chi connectivity index (χ0) is 15.5. The maximum Gasteiger partial charge on any atom is 0.255 e. The van der Waals surface area contributed by atoms with Crippen LogP contribution >= 0.6 is 0 Å². The first-order valence-electron chi connectivity index (χ1n) is 7.41. The van der Waals surface area contributed by atoms with Crippen LogP contribution in [-0.2, 0) is 4.79 Å². The van der Waals surface area contributed by atoms with Gasteiger partial charge in [-0.05, 0) is 55.7 Å². The minimum atomic E-state index is -0.187. The number of aryl methyl sites for hydroxylation is 1. The van der Waals surface area contributed by atoms with E-state index in [9.17, 15) is 9.59 Å². The van der Waals surface area contributed by atoms with Crippen LogP contribution in [-0.4, -0.2) is 11.8 Å². The van der Waals surface area contributed by atoms with Crippen molar-refractivity contribution < 1.29 is 9.59 Å². The first-order chi connectivity index (χ1) is 10.6. The normalized spacial score (nSPS) is 13.5. The van der Waals surface area contributed by atoms with Gasteiger partial charge in [0.2, 0.25) is 5.91 Å². The van der Waals surface area contributed by atoms with Gasteiger partial charge >= 0.3 is 0 Å². The van der Waals surface area contributed by atoms with Crippen LogP contribution in [0.15, 0.2) is 48.5 Å². The molecule has 0 spiro atoms. The Bertz CT molecular complexity index is 721. The molecule has 1 aliphatic rings. The molecular formula is C18H18N2O2. The lowest BCUT2D eigenvalue weighted by Crippen LogP contribution is -2.15. The molecule has 0 heterocycles. The van der Waals surface area contributed by atoms with E-state index in [1.54, 1.807) is 24.3 Å². The SMILES string of the molecule is Cc1cccc(NC(=O)c2cccc(NC(=O)C3CC3)c2)c1. The van der Waals surface area contributed by atoms with E-state index in [1.807, 2.05) is 31.2 Å². The number of rotatable bonds is 4. The largest absolute Gasteiger partial charge is 0.326 e. The van der Waals surface area contributed by atoms with Crippen molar-refractivity contribution >= 4 is 23.2 Å². The third-order valence-corrected chi connectivity index (χ3v) is 3.62. The lowest BCUT2D eigenvalue weighted by molar-refractivity contribution is -0.117. The second-order valence-electron chi connectivity index (χ2n) is 5.67. The van der Waals surface area contributed by atoms with Gasteiger partial charge in [-0.3, -0.25) is 9.59 Å². The zero-order valence-corrected chi connectivity index (χ0v) is 12.4. The average Bonchev–Trinajstić information content (AvgIpc) is 3.32. The lowest BCUT2D eigenvalue weighted by Gasteiger charge is -2.08. The molecule has 0 radical (unpaired) electrons. The van der Waals surface area contributed by atoms with E-state index in [1.165, 1.54) is 0 Å². The van der Waals surface area contributed by atoms with E-state index < -0.39 is 0 Å². The molecule has 2 amide bonds. The highest BCUT2D eigenvalue weighted by Crippen LogP contribution is 2.30. The Balaban J connectivity index is 1.70. The molecule has 1 fully saturated rings. The van der Waals surface area contributed by atoms with Crippen LogP contribution in [0, 0.1) is 12.8 Å². The van der Waals surface area contributed by atoms with Gasteiger partial charge in [0.1, 0.15) is 0 Å². The van der Waals surface area contributed by atoms with Gasteiger partial charge in [-0.2, -0.15) is 0 Å². The molecule has 0 aliphatic heterocycles. The van der Waals surface area contributed by atoms with Gasteiger partial charge in [-0.25, -0.2) is 0 Å². The van der Waals surface area contributed by atoms with Gasteiger partial charge in [-0.1, -0.05) is 18.2 Å². The zero-order valence-electron chi connectivity index (χ0n) is 12.4. The van der Waals surface area contributed by atoms with Gasteiger partial charge in [0.15, 0.2) is 0 Å². The highest BCUT2D eigenvalue weighted by molar-refractivity contribution is 6.05. The van der Waals surface area contributed by atoms with Crippen molar-refractivity contribution in [2.75, 3.05) is 10.6 Å². The van der Waals surface area contributed by atoms with Crippen LogP contribution in [0.25, 0.3) is 0 Å². The summed E-state index contributed by atoms with van der Waals surface area (Å²) < 4.78 is 0. The van der Waals surface area contributed by atoms with Crippen LogP contribution in [0.5, 0.6) is 0 Å². The Labute approximate surface area is 129 Å². The van der Waals surface area contributed by atoms with E-state index in [4.69, 9.17) is 0 Å². The van der Waals surface area contributed by atoms with Crippen LogP contribution in [0.3, 0.4) is 0 Å². The first-order valence-corrected chi connectivity index (χ1v) is 7.41. The second-order valence-corrected chi connectivity index (χ2v) is 5.67. The summed E-state index contributed by atoms with van der Waals surface area (Å²) in [4.78, 5) is 24.1. The molecule has 4 heteroatoms. The number of anilines is 2. The molecule has 2 aromatic carbocycles. The van der Waals surface area contributed by atoms with Crippen molar-refractivity contribution in [2.24, 2.45) is 5.92 Å². The number of nitrogens with one attached hydrogen (secondary N) is 2. The Morgan fingerprint density at radius 3 is 2.32 bits per heavy atom. The van der Waals surface area contributed by atoms with E-state index in [-0.39, 0.29) is 17.7 Å². The lowest BCUT2D eigenvalue weighted by atomic mass is 10.1. The number of hydrogen-bond donors (Lipinski definition) is 2. The fourth-order valence-electron chi connectivity index (χ4n) is 2.25. The summed E-state index contributed by atoms with van der Waals surface area (Å²) >= 11 is 0. The molecule has 22 heavy (non-hydrogen) atoms. The standard InChI is InChI=1S/C18H18N2O2/c1-12-4-2-6-15(10-12)19-18(22)14-5-3-7-16(11-14)20-17(21)13-8-9-13/h2-7,10-11,13H,8-9H2,1H3,(H,19,22)(H,20,21). The predicted octanol–water partition coefficient (Wildman–Crippen LogP) is 3.60. The number of carbonyl (C=O) groups excluding carboxylic acids is 2. The smallest absolute Gasteiger partial charge is 0.255 e. The Kier molecular flexibility index (Phi) is 3.92. The highest BCUT2D eigenvalue weighted by Gasteiger charge is 2.29. The number of amides is 2. The van der Waals surface area contributed by atoms with E-state index in [2.05, 4.69) is 10.6 Å². The maximum absolute atomic E-state index is 12.3.